The van der Waals surface area contributed by atoms with Gasteiger partial charge in [-0.15, -0.1) is 0 Å². The summed E-state index contributed by atoms with van der Waals surface area (Å²) in [5.74, 6) is 1.02. The molecule has 0 aliphatic carbocycles. The average molecular weight is 285 g/mol. The van der Waals surface area contributed by atoms with Gasteiger partial charge in [-0.2, -0.15) is 0 Å². The lowest BCUT2D eigenvalue weighted by molar-refractivity contribution is 0.249. The molecule has 1 aromatic heterocycles. The van der Waals surface area contributed by atoms with Crippen LogP contribution in [0.5, 0.6) is 0 Å². The highest BCUT2D eigenvalue weighted by Gasteiger charge is 2.22. The normalized spacial score (nSPS) is 16.9. The fourth-order valence-corrected chi connectivity index (χ4v) is 3.15. The molecular weight excluding hydrogens is 262 g/mol. The van der Waals surface area contributed by atoms with Crippen molar-refractivity contribution in [3.8, 4) is 0 Å². The number of rotatable bonds is 3. The second-order valence-electron chi connectivity index (χ2n) is 6.00. The highest BCUT2D eigenvalue weighted by atomic mass is 16.3. The average Bonchev–Trinajstić information content (AvgIpc) is 2.53. The number of aliphatic hydroxyl groups excluding tert-OH is 1. The number of aromatic nitrogens is 1. The van der Waals surface area contributed by atoms with Gasteiger partial charge in [0.25, 0.3) is 0 Å². The molecule has 4 heteroatoms. The number of fused-ring (bicyclic) bond motifs is 1. The topological polar surface area (TPSA) is 39.6 Å². The minimum Gasteiger partial charge on any atom is -0.390 e. The predicted octanol–water partition coefficient (Wildman–Crippen LogP) is 2.26. The van der Waals surface area contributed by atoms with Gasteiger partial charge in [0.05, 0.1) is 12.3 Å². The van der Waals surface area contributed by atoms with Crippen LogP contribution in [-0.4, -0.2) is 48.2 Å². The highest BCUT2D eigenvalue weighted by Crippen LogP contribution is 2.28. The molecule has 1 aromatic carbocycles. The van der Waals surface area contributed by atoms with Gasteiger partial charge in [0.1, 0.15) is 5.82 Å². The Morgan fingerprint density at radius 1 is 1.24 bits per heavy atom. The summed E-state index contributed by atoms with van der Waals surface area (Å²) < 4.78 is 0. The van der Waals surface area contributed by atoms with E-state index in [0.29, 0.717) is 6.04 Å². The summed E-state index contributed by atoms with van der Waals surface area (Å²) in [5, 5.41) is 11.8. The summed E-state index contributed by atoms with van der Waals surface area (Å²) in [7, 11) is 4.31. The van der Waals surface area contributed by atoms with Gasteiger partial charge >= 0.3 is 0 Å². The third kappa shape index (κ3) is 2.87. The Balaban J connectivity index is 1.93. The van der Waals surface area contributed by atoms with Crippen LogP contribution in [0.4, 0.5) is 5.82 Å². The second-order valence-corrected chi connectivity index (χ2v) is 6.00. The summed E-state index contributed by atoms with van der Waals surface area (Å²) in [6.07, 6.45) is 2.32. The number of hydrogen-bond acceptors (Lipinski definition) is 4. The number of hydrogen-bond donors (Lipinski definition) is 1. The van der Waals surface area contributed by atoms with Gasteiger partial charge in [-0.25, -0.2) is 4.98 Å². The molecule has 0 spiro atoms. The number of piperidine rings is 1. The van der Waals surface area contributed by atoms with Crippen LogP contribution < -0.4 is 4.90 Å². The van der Waals surface area contributed by atoms with E-state index in [4.69, 9.17) is 0 Å². The fraction of sp³-hybridized carbons (Fsp3) is 0.471. The van der Waals surface area contributed by atoms with Crippen LogP contribution in [0, 0.1) is 0 Å². The lowest BCUT2D eigenvalue weighted by Crippen LogP contribution is -2.42. The van der Waals surface area contributed by atoms with Gasteiger partial charge in [-0.3, -0.25) is 0 Å². The quantitative estimate of drug-likeness (QED) is 0.939. The zero-order chi connectivity index (χ0) is 14.8. The van der Waals surface area contributed by atoms with Crippen LogP contribution in [0.25, 0.3) is 10.8 Å². The van der Waals surface area contributed by atoms with Crippen LogP contribution in [0.15, 0.2) is 30.3 Å². The lowest BCUT2D eigenvalue weighted by Gasteiger charge is -2.36. The molecule has 1 N–H and O–H groups in total. The van der Waals surface area contributed by atoms with Crippen LogP contribution in [0.1, 0.15) is 18.5 Å². The summed E-state index contributed by atoms with van der Waals surface area (Å²) in [6.45, 7) is 2.04. The van der Waals surface area contributed by atoms with E-state index in [2.05, 4.69) is 47.1 Å². The van der Waals surface area contributed by atoms with Gasteiger partial charge in [-0.1, -0.05) is 24.3 Å². The zero-order valence-electron chi connectivity index (χ0n) is 12.8. The van der Waals surface area contributed by atoms with Crippen molar-refractivity contribution >= 4 is 16.6 Å². The summed E-state index contributed by atoms with van der Waals surface area (Å²) in [4.78, 5) is 9.35. The molecule has 0 radical (unpaired) electrons. The van der Waals surface area contributed by atoms with Gasteiger partial charge < -0.3 is 14.9 Å². The maximum Gasteiger partial charge on any atom is 0.136 e. The van der Waals surface area contributed by atoms with Crippen LogP contribution in [-0.2, 0) is 6.61 Å². The predicted molar refractivity (Wildman–Crippen MR) is 86.6 cm³/mol. The molecule has 4 nitrogen and oxygen atoms in total. The Bertz CT molecular complexity index is 618. The molecule has 1 saturated heterocycles. The smallest absolute Gasteiger partial charge is 0.136 e. The van der Waals surface area contributed by atoms with E-state index in [1.807, 2.05) is 12.1 Å². The largest absolute Gasteiger partial charge is 0.390 e. The van der Waals surface area contributed by atoms with Crippen molar-refractivity contribution in [2.75, 3.05) is 32.1 Å². The zero-order valence-corrected chi connectivity index (χ0v) is 12.8. The van der Waals surface area contributed by atoms with Crippen molar-refractivity contribution in [3.63, 3.8) is 0 Å². The lowest BCUT2D eigenvalue weighted by atomic mass is 10.0. The van der Waals surface area contributed by atoms with Crippen molar-refractivity contribution in [2.24, 2.45) is 0 Å². The fourth-order valence-electron chi connectivity index (χ4n) is 3.15. The third-order valence-electron chi connectivity index (χ3n) is 4.43. The molecule has 0 amide bonds. The molecule has 3 rings (SSSR count). The molecule has 0 bridgehead atoms. The number of nitrogens with zero attached hydrogens (tertiary/aromatic N) is 3. The van der Waals surface area contributed by atoms with E-state index in [0.717, 1.165) is 42.8 Å². The molecule has 1 aliphatic heterocycles. The second kappa shape index (κ2) is 6.00. The SMILES string of the molecule is CN(C)C1CCN(c2nc(CO)cc3ccccc23)CC1. The maximum absolute atomic E-state index is 9.45. The summed E-state index contributed by atoms with van der Waals surface area (Å²) in [5.41, 5.74) is 0.749. The van der Waals surface area contributed by atoms with Crippen LogP contribution in [0.2, 0.25) is 0 Å². The molecule has 112 valence electrons. The van der Waals surface area contributed by atoms with Gasteiger partial charge in [-0.05, 0) is 38.4 Å². The molecule has 0 atom stereocenters. The van der Waals surface area contributed by atoms with Gasteiger partial charge in [0.2, 0.25) is 0 Å². The molecular formula is C17H23N3O. The monoisotopic (exact) mass is 285 g/mol. The molecule has 1 fully saturated rings. The molecule has 2 aromatic rings. The Kier molecular flexibility index (Phi) is 4.08. The Morgan fingerprint density at radius 3 is 2.62 bits per heavy atom. The van der Waals surface area contributed by atoms with E-state index in [1.54, 1.807) is 0 Å². The number of anilines is 1. The first-order chi connectivity index (χ1) is 10.2. The van der Waals surface area contributed by atoms with E-state index in [-0.39, 0.29) is 6.61 Å². The standard InChI is InChI=1S/C17H23N3O/c1-19(2)15-7-9-20(10-8-15)17-16-6-4-3-5-13(16)11-14(12-21)18-17/h3-6,11,15,21H,7-10,12H2,1-2H3. The Labute approximate surface area is 126 Å². The third-order valence-corrected chi connectivity index (χ3v) is 4.43. The van der Waals surface area contributed by atoms with E-state index in [1.165, 1.54) is 5.39 Å². The van der Waals surface area contributed by atoms with E-state index < -0.39 is 0 Å². The van der Waals surface area contributed by atoms with Crippen molar-refractivity contribution in [1.29, 1.82) is 0 Å². The molecule has 2 heterocycles. The number of pyridine rings is 1. The first-order valence-electron chi connectivity index (χ1n) is 7.60. The number of aliphatic hydroxyl groups is 1. The van der Waals surface area contributed by atoms with E-state index in [9.17, 15) is 5.11 Å². The van der Waals surface area contributed by atoms with Crippen molar-refractivity contribution in [2.45, 2.75) is 25.5 Å². The van der Waals surface area contributed by atoms with Crippen molar-refractivity contribution in [1.82, 2.24) is 9.88 Å². The molecule has 0 unspecified atom stereocenters. The first kappa shape index (κ1) is 14.3. The molecule has 1 aliphatic rings. The Hall–Kier alpha value is -1.65. The van der Waals surface area contributed by atoms with Gasteiger partial charge in [0.15, 0.2) is 0 Å². The van der Waals surface area contributed by atoms with Crippen LogP contribution in [0.3, 0.4) is 0 Å². The maximum atomic E-state index is 9.45. The Morgan fingerprint density at radius 2 is 1.95 bits per heavy atom. The summed E-state index contributed by atoms with van der Waals surface area (Å²) in [6, 6.07) is 10.9. The highest BCUT2D eigenvalue weighted by molar-refractivity contribution is 5.92. The van der Waals surface area contributed by atoms with Crippen LogP contribution >= 0.6 is 0 Å². The van der Waals surface area contributed by atoms with E-state index >= 15 is 0 Å². The minimum atomic E-state index is -0.00794. The molecule has 0 saturated carbocycles. The van der Waals surface area contributed by atoms with Crippen molar-refractivity contribution < 1.29 is 5.11 Å². The molecule has 21 heavy (non-hydrogen) atoms. The number of benzene rings is 1. The van der Waals surface area contributed by atoms with Gasteiger partial charge in [0, 0.05) is 24.5 Å². The summed E-state index contributed by atoms with van der Waals surface area (Å²) >= 11 is 0. The minimum absolute atomic E-state index is 0.00794. The van der Waals surface area contributed by atoms with Crippen molar-refractivity contribution in [3.05, 3.63) is 36.0 Å². The first-order valence-corrected chi connectivity index (χ1v) is 7.60.